The molecule has 0 aliphatic heterocycles. The van der Waals surface area contributed by atoms with Crippen LogP contribution in [0.2, 0.25) is 0 Å². The molecule has 0 fully saturated rings. The number of hydrogen-bond acceptors (Lipinski definition) is 3. The van der Waals surface area contributed by atoms with Gasteiger partial charge in [-0.25, -0.2) is 0 Å². The summed E-state index contributed by atoms with van der Waals surface area (Å²) in [4.78, 5) is 0. The van der Waals surface area contributed by atoms with Gasteiger partial charge in [0.2, 0.25) is 0 Å². The van der Waals surface area contributed by atoms with Crippen molar-refractivity contribution in [3.05, 3.63) is 35.9 Å². The molecule has 0 saturated heterocycles. The molecule has 0 amide bonds. The highest BCUT2D eigenvalue weighted by molar-refractivity contribution is 5.22. The van der Waals surface area contributed by atoms with Gasteiger partial charge in [-0.05, 0) is 12.5 Å². The number of benzene rings is 1. The first-order chi connectivity index (χ1) is 6.62. The summed E-state index contributed by atoms with van der Waals surface area (Å²) < 4.78 is 10.1. The second kappa shape index (κ2) is 4.55. The average molecular weight is 196 g/mol. The van der Waals surface area contributed by atoms with Crippen molar-refractivity contribution in [3.8, 4) is 0 Å². The zero-order valence-corrected chi connectivity index (χ0v) is 8.73. The second-order valence-electron chi connectivity index (χ2n) is 3.32. The molecule has 0 radical (unpaired) electrons. The van der Waals surface area contributed by atoms with Crippen LogP contribution in [0.1, 0.15) is 12.5 Å². The minimum absolute atomic E-state index is 0.662. The monoisotopic (exact) mass is 196 g/mol. The summed E-state index contributed by atoms with van der Waals surface area (Å²) in [5.41, 5.74) is -0.362. The molecule has 1 aromatic carbocycles. The van der Waals surface area contributed by atoms with E-state index in [4.69, 9.17) is 9.47 Å². The quantitative estimate of drug-likeness (QED) is 0.742. The van der Waals surface area contributed by atoms with Gasteiger partial charge in [0.1, 0.15) is 5.60 Å². The lowest BCUT2D eigenvalue weighted by atomic mass is 9.95. The molecule has 1 rings (SSSR count). The fourth-order valence-corrected chi connectivity index (χ4v) is 1.47. The van der Waals surface area contributed by atoms with E-state index in [9.17, 15) is 5.11 Å². The largest absolute Gasteiger partial charge is 0.380 e. The number of aliphatic hydroxyl groups is 1. The Labute approximate surface area is 84.3 Å². The van der Waals surface area contributed by atoms with Crippen LogP contribution in [-0.4, -0.2) is 25.6 Å². The summed E-state index contributed by atoms with van der Waals surface area (Å²) >= 11 is 0. The van der Waals surface area contributed by atoms with Gasteiger partial charge in [-0.3, -0.25) is 0 Å². The summed E-state index contributed by atoms with van der Waals surface area (Å²) in [6.45, 7) is 1.67. The van der Waals surface area contributed by atoms with Crippen LogP contribution in [-0.2, 0) is 15.1 Å². The van der Waals surface area contributed by atoms with E-state index in [-0.39, 0.29) is 0 Å². The molecule has 0 saturated carbocycles. The Morgan fingerprint density at radius 2 is 1.64 bits per heavy atom. The minimum Gasteiger partial charge on any atom is -0.380 e. The molecule has 0 aliphatic rings. The molecule has 3 nitrogen and oxygen atoms in total. The van der Waals surface area contributed by atoms with Crippen molar-refractivity contribution in [1.82, 2.24) is 0 Å². The van der Waals surface area contributed by atoms with Gasteiger partial charge in [0.05, 0.1) is 0 Å². The maximum Gasteiger partial charge on any atom is 0.189 e. The topological polar surface area (TPSA) is 38.7 Å². The molecule has 1 aromatic rings. The van der Waals surface area contributed by atoms with Crippen molar-refractivity contribution in [2.24, 2.45) is 0 Å². The molecular weight excluding hydrogens is 180 g/mol. The van der Waals surface area contributed by atoms with E-state index >= 15 is 0 Å². The minimum atomic E-state index is -1.13. The lowest BCUT2D eigenvalue weighted by molar-refractivity contribution is -0.213. The van der Waals surface area contributed by atoms with Crippen molar-refractivity contribution in [3.63, 3.8) is 0 Å². The molecule has 78 valence electrons. The zero-order chi connectivity index (χ0) is 10.6. The first-order valence-corrected chi connectivity index (χ1v) is 4.46. The highest BCUT2D eigenvalue weighted by Crippen LogP contribution is 2.26. The van der Waals surface area contributed by atoms with Crippen LogP contribution >= 0.6 is 0 Å². The van der Waals surface area contributed by atoms with Gasteiger partial charge < -0.3 is 14.6 Å². The Kier molecular flexibility index (Phi) is 3.63. The van der Waals surface area contributed by atoms with Crippen molar-refractivity contribution in [1.29, 1.82) is 0 Å². The van der Waals surface area contributed by atoms with Crippen molar-refractivity contribution in [2.45, 2.75) is 18.8 Å². The van der Waals surface area contributed by atoms with Gasteiger partial charge in [-0.15, -0.1) is 0 Å². The second-order valence-corrected chi connectivity index (χ2v) is 3.32. The number of hydrogen-bond donors (Lipinski definition) is 1. The maximum atomic E-state index is 10.2. The van der Waals surface area contributed by atoms with Gasteiger partial charge in [0.25, 0.3) is 0 Å². The Morgan fingerprint density at radius 1 is 1.14 bits per heavy atom. The number of methoxy groups -OCH3 is 2. The van der Waals surface area contributed by atoms with Gasteiger partial charge in [-0.2, -0.15) is 0 Å². The average Bonchev–Trinajstić information content (AvgIpc) is 2.20. The molecule has 3 heteroatoms. The van der Waals surface area contributed by atoms with Gasteiger partial charge >= 0.3 is 0 Å². The van der Waals surface area contributed by atoms with Gasteiger partial charge in [-0.1, -0.05) is 30.3 Å². The highest BCUT2D eigenvalue weighted by atomic mass is 16.7. The number of rotatable bonds is 4. The van der Waals surface area contributed by atoms with Crippen molar-refractivity contribution < 1.29 is 14.6 Å². The van der Waals surface area contributed by atoms with E-state index in [2.05, 4.69) is 0 Å². The summed E-state index contributed by atoms with van der Waals surface area (Å²) in [7, 11) is 3.01. The molecule has 14 heavy (non-hydrogen) atoms. The standard InChI is InChI=1S/C11H16O3/c1-11(12,10(13-2)14-3)9-7-5-4-6-8-9/h4-8,10,12H,1-3H3/t11-/m1/s1. The van der Waals surface area contributed by atoms with E-state index < -0.39 is 11.9 Å². The SMILES string of the molecule is COC(OC)[C@](C)(O)c1ccccc1. The zero-order valence-electron chi connectivity index (χ0n) is 8.73. The summed E-state index contributed by atoms with van der Waals surface area (Å²) in [6, 6.07) is 9.31. The molecule has 1 atom stereocenters. The van der Waals surface area contributed by atoms with Gasteiger partial charge in [0, 0.05) is 14.2 Å². The highest BCUT2D eigenvalue weighted by Gasteiger charge is 2.33. The van der Waals surface area contributed by atoms with Crippen molar-refractivity contribution >= 4 is 0 Å². The van der Waals surface area contributed by atoms with E-state index in [0.29, 0.717) is 0 Å². The molecule has 1 N–H and O–H groups in total. The fraction of sp³-hybridized carbons (Fsp3) is 0.455. The van der Waals surface area contributed by atoms with E-state index in [1.807, 2.05) is 30.3 Å². The van der Waals surface area contributed by atoms with Crippen LogP contribution in [0.25, 0.3) is 0 Å². The lowest BCUT2D eigenvalue weighted by Crippen LogP contribution is -2.39. The maximum absolute atomic E-state index is 10.2. The third-order valence-electron chi connectivity index (χ3n) is 2.25. The van der Waals surface area contributed by atoms with Crippen molar-refractivity contribution in [2.75, 3.05) is 14.2 Å². The van der Waals surface area contributed by atoms with E-state index in [1.54, 1.807) is 6.92 Å². The summed E-state index contributed by atoms with van der Waals surface area (Å²) in [6.07, 6.45) is -0.662. The Hall–Kier alpha value is -0.900. The lowest BCUT2D eigenvalue weighted by Gasteiger charge is -2.30. The molecule has 0 aliphatic carbocycles. The van der Waals surface area contributed by atoms with E-state index in [1.165, 1.54) is 14.2 Å². The molecule has 0 aromatic heterocycles. The molecule has 0 spiro atoms. The molecule has 0 unspecified atom stereocenters. The Balaban J connectivity index is 2.94. The summed E-state index contributed by atoms with van der Waals surface area (Å²) in [5.74, 6) is 0. The smallest absolute Gasteiger partial charge is 0.189 e. The van der Waals surface area contributed by atoms with Crippen LogP contribution in [0, 0.1) is 0 Å². The van der Waals surface area contributed by atoms with Crippen LogP contribution in [0.3, 0.4) is 0 Å². The predicted molar refractivity (Wildman–Crippen MR) is 53.8 cm³/mol. The van der Waals surface area contributed by atoms with Crippen LogP contribution in [0.15, 0.2) is 30.3 Å². The first-order valence-electron chi connectivity index (χ1n) is 4.46. The third kappa shape index (κ3) is 2.12. The van der Waals surface area contributed by atoms with Crippen LogP contribution < -0.4 is 0 Å². The molecular formula is C11H16O3. The Bertz CT molecular complexity index is 265. The summed E-state index contributed by atoms with van der Waals surface area (Å²) in [5, 5.41) is 10.2. The van der Waals surface area contributed by atoms with E-state index in [0.717, 1.165) is 5.56 Å². The predicted octanol–water partition coefficient (Wildman–Crippen LogP) is 1.51. The first kappa shape index (κ1) is 11.2. The third-order valence-corrected chi connectivity index (χ3v) is 2.25. The fourth-order valence-electron chi connectivity index (χ4n) is 1.47. The number of ether oxygens (including phenoxy) is 2. The van der Waals surface area contributed by atoms with Crippen LogP contribution in [0.4, 0.5) is 0 Å². The normalized spacial score (nSPS) is 15.5. The molecule has 0 heterocycles. The van der Waals surface area contributed by atoms with Gasteiger partial charge in [0.15, 0.2) is 6.29 Å². The Morgan fingerprint density at radius 3 is 2.07 bits per heavy atom. The van der Waals surface area contributed by atoms with Crippen LogP contribution in [0.5, 0.6) is 0 Å². The molecule has 0 bridgehead atoms.